The minimum Gasteiger partial charge on any atom is -0.386 e. The van der Waals surface area contributed by atoms with E-state index in [1.807, 2.05) is 24.9 Å². The number of nitrogens with zero attached hydrogens (tertiary/aromatic N) is 4. The summed E-state index contributed by atoms with van der Waals surface area (Å²) in [5.41, 5.74) is 2.83. The summed E-state index contributed by atoms with van der Waals surface area (Å²) < 4.78 is 41.1. The fourth-order valence-electron chi connectivity index (χ4n) is 4.34. The summed E-state index contributed by atoms with van der Waals surface area (Å²) in [5.74, 6) is 5.80. The van der Waals surface area contributed by atoms with Crippen LogP contribution in [0.1, 0.15) is 27.0 Å². The van der Waals surface area contributed by atoms with Crippen LogP contribution < -0.4 is 26.4 Å². The van der Waals surface area contributed by atoms with Gasteiger partial charge in [-0.2, -0.15) is 13.2 Å². The number of amides is 1. The van der Waals surface area contributed by atoms with Crippen LogP contribution in [0.4, 0.5) is 30.2 Å². The lowest BCUT2D eigenvalue weighted by atomic mass is 10.1. The molecule has 206 valence electrons. The summed E-state index contributed by atoms with van der Waals surface area (Å²) in [4.78, 5) is 21.3. The first-order chi connectivity index (χ1) is 18.5. The van der Waals surface area contributed by atoms with Crippen molar-refractivity contribution in [3.05, 3.63) is 89.4 Å². The highest BCUT2D eigenvalue weighted by Crippen LogP contribution is 2.35. The van der Waals surface area contributed by atoms with Gasteiger partial charge in [-0.25, -0.2) is 5.84 Å². The molecule has 0 unspecified atom stereocenters. The molecule has 1 fully saturated rings. The lowest BCUT2D eigenvalue weighted by Crippen LogP contribution is -2.44. The van der Waals surface area contributed by atoms with Crippen LogP contribution in [0.15, 0.2) is 67.1 Å². The zero-order valence-corrected chi connectivity index (χ0v) is 22.1. The Kier molecular flexibility index (Phi) is 8.41. The van der Waals surface area contributed by atoms with Crippen molar-refractivity contribution in [2.45, 2.75) is 13.1 Å². The molecule has 0 aliphatic carbocycles. The van der Waals surface area contributed by atoms with E-state index in [4.69, 9.17) is 5.84 Å². The third kappa shape index (κ3) is 6.87. The van der Waals surface area contributed by atoms with Gasteiger partial charge < -0.3 is 20.4 Å². The first-order valence-electron chi connectivity index (χ1n) is 12.5. The van der Waals surface area contributed by atoms with E-state index in [2.05, 4.69) is 20.5 Å². The number of hydrogen-bond acceptors (Lipinski definition) is 7. The van der Waals surface area contributed by atoms with Crippen LogP contribution in [0.3, 0.4) is 0 Å². The number of piperazine rings is 1. The molecule has 2 heterocycles. The predicted molar refractivity (Wildman–Crippen MR) is 148 cm³/mol. The Balaban J connectivity index is 1.60. The number of halogens is 3. The third-order valence-electron chi connectivity index (χ3n) is 6.63. The highest BCUT2D eigenvalue weighted by molar-refractivity contribution is 6.05. The number of nitrogens with two attached hydrogens (primary N) is 1. The summed E-state index contributed by atoms with van der Waals surface area (Å²) in [5, 5.41) is 7.12. The Morgan fingerprint density at radius 1 is 1.08 bits per heavy atom. The Bertz CT molecular complexity index is 1340. The van der Waals surface area contributed by atoms with Gasteiger partial charge in [-0.3, -0.25) is 14.8 Å². The number of hydrogen-bond donors (Lipinski definition) is 3. The van der Waals surface area contributed by atoms with E-state index < -0.39 is 17.6 Å². The molecule has 0 bridgehead atoms. The van der Waals surface area contributed by atoms with Crippen molar-refractivity contribution < 1.29 is 18.0 Å². The Labute approximate surface area is 225 Å². The maximum atomic E-state index is 13.7. The quantitative estimate of drug-likeness (QED) is 0.305. The molecule has 1 aromatic heterocycles. The number of anilines is 3. The topological polar surface area (TPSA) is 89.8 Å². The molecule has 1 amide bonds. The number of carbonyl (C=O) groups excluding carboxylic acids is 1. The van der Waals surface area contributed by atoms with E-state index in [9.17, 15) is 18.0 Å². The van der Waals surface area contributed by atoms with Crippen molar-refractivity contribution in [1.29, 1.82) is 0 Å². The monoisotopic (exact) mass is 539 g/mol. The Morgan fingerprint density at radius 2 is 1.82 bits per heavy atom. The number of aromatic nitrogens is 1. The molecule has 8 nitrogen and oxygen atoms in total. The average Bonchev–Trinajstić information content (AvgIpc) is 2.92. The second-order valence-electron chi connectivity index (χ2n) is 9.45. The number of carbonyl (C=O) groups is 1. The molecule has 4 N–H and O–H groups in total. The molecule has 0 atom stereocenters. The number of pyridine rings is 1. The van der Waals surface area contributed by atoms with E-state index >= 15 is 0 Å². The highest BCUT2D eigenvalue weighted by atomic mass is 19.4. The molecule has 0 radical (unpaired) electrons. The standard InChI is InChI=1S/C28H32F3N7O/c1-19-6-7-20(13-26(19)38(32)18-25(33-2)21-5-4-8-34-17-21)27(39)35-23-14-22(28(29,30)31)15-24(16-23)37-11-9-36(3)10-12-37/h4-8,13-18,33H,9-12,32H2,1-3H3,(H,35,39)/b25-18-. The molecular weight excluding hydrogens is 507 g/mol. The fraction of sp³-hybridized carbons (Fsp3) is 0.286. The Morgan fingerprint density at radius 3 is 2.46 bits per heavy atom. The summed E-state index contributed by atoms with van der Waals surface area (Å²) in [7, 11) is 3.73. The van der Waals surface area contributed by atoms with Crippen molar-refractivity contribution in [2.75, 3.05) is 55.5 Å². The van der Waals surface area contributed by atoms with Crippen molar-refractivity contribution in [2.24, 2.45) is 5.84 Å². The number of alkyl halides is 3. The molecule has 1 aliphatic heterocycles. The van der Waals surface area contributed by atoms with Gasteiger partial charge in [0.25, 0.3) is 5.91 Å². The summed E-state index contributed by atoms with van der Waals surface area (Å²) in [6.07, 6.45) is 0.487. The SMILES string of the molecule is CN/C(=C\N(N)c1cc(C(=O)Nc2cc(N3CCN(C)CC3)cc(C(F)(F)F)c2)ccc1C)c1cccnc1. The van der Waals surface area contributed by atoms with Crippen molar-refractivity contribution >= 4 is 28.7 Å². The van der Waals surface area contributed by atoms with Crippen LogP contribution in [-0.4, -0.2) is 56.1 Å². The molecule has 39 heavy (non-hydrogen) atoms. The maximum Gasteiger partial charge on any atom is 0.416 e. The molecule has 0 spiro atoms. The van der Waals surface area contributed by atoms with Crippen LogP contribution in [0.2, 0.25) is 0 Å². The molecule has 0 saturated carbocycles. The van der Waals surface area contributed by atoms with Gasteiger partial charge in [0.1, 0.15) is 0 Å². The molecule has 1 aliphatic rings. The zero-order valence-electron chi connectivity index (χ0n) is 22.1. The van der Waals surface area contributed by atoms with Crippen LogP contribution in [0, 0.1) is 6.92 Å². The van der Waals surface area contributed by atoms with Gasteiger partial charge in [-0.15, -0.1) is 0 Å². The second-order valence-corrected chi connectivity index (χ2v) is 9.45. The Hall–Kier alpha value is -4.09. The summed E-state index contributed by atoms with van der Waals surface area (Å²) >= 11 is 0. The van der Waals surface area contributed by atoms with Crippen LogP contribution in [0.25, 0.3) is 5.70 Å². The number of likely N-dealkylation sites (N-methyl/N-ethyl adjacent to an activating group) is 1. The van der Waals surface area contributed by atoms with Gasteiger partial charge in [-0.1, -0.05) is 6.07 Å². The van der Waals surface area contributed by atoms with E-state index in [0.29, 0.717) is 30.2 Å². The molecule has 4 rings (SSSR count). The lowest BCUT2D eigenvalue weighted by molar-refractivity contribution is -0.137. The van der Waals surface area contributed by atoms with Crippen LogP contribution in [0.5, 0.6) is 0 Å². The van der Waals surface area contributed by atoms with Gasteiger partial charge in [0.15, 0.2) is 0 Å². The zero-order chi connectivity index (χ0) is 28.2. The molecule has 1 saturated heterocycles. The number of hydrazine groups is 1. The average molecular weight is 540 g/mol. The fourth-order valence-corrected chi connectivity index (χ4v) is 4.34. The molecule has 3 aromatic rings. The number of benzene rings is 2. The first kappa shape index (κ1) is 27.9. The second kappa shape index (κ2) is 11.7. The van der Waals surface area contributed by atoms with E-state index in [0.717, 1.165) is 36.3 Å². The summed E-state index contributed by atoms with van der Waals surface area (Å²) in [6, 6.07) is 12.3. The van der Waals surface area contributed by atoms with Gasteiger partial charge in [-0.05, 0) is 62.0 Å². The molecule has 2 aromatic carbocycles. The van der Waals surface area contributed by atoms with Gasteiger partial charge in [0, 0.05) is 74.3 Å². The largest absolute Gasteiger partial charge is 0.416 e. The minimum absolute atomic E-state index is 0.0735. The number of nitrogens with one attached hydrogen (secondary N) is 2. The highest BCUT2D eigenvalue weighted by Gasteiger charge is 2.32. The van der Waals surface area contributed by atoms with Gasteiger partial charge in [0.2, 0.25) is 0 Å². The smallest absolute Gasteiger partial charge is 0.386 e. The van der Waals surface area contributed by atoms with E-state index in [1.165, 1.54) is 5.01 Å². The predicted octanol–water partition coefficient (Wildman–Crippen LogP) is 4.31. The number of aryl methyl sites for hydroxylation is 1. The lowest BCUT2D eigenvalue weighted by Gasteiger charge is -2.34. The van der Waals surface area contributed by atoms with Crippen LogP contribution >= 0.6 is 0 Å². The molecular formula is C28H32F3N7O. The molecule has 11 heteroatoms. The maximum absolute atomic E-state index is 13.7. The number of rotatable bonds is 7. The van der Waals surface area contributed by atoms with E-state index in [1.54, 1.807) is 56.0 Å². The van der Waals surface area contributed by atoms with E-state index in [-0.39, 0.29) is 11.3 Å². The van der Waals surface area contributed by atoms with Gasteiger partial charge in [0.05, 0.1) is 16.9 Å². The van der Waals surface area contributed by atoms with Crippen molar-refractivity contribution in [3.63, 3.8) is 0 Å². The third-order valence-corrected chi connectivity index (χ3v) is 6.63. The minimum atomic E-state index is -4.55. The first-order valence-corrected chi connectivity index (χ1v) is 12.5. The summed E-state index contributed by atoms with van der Waals surface area (Å²) in [6.45, 7) is 4.53. The van der Waals surface area contributed by atoms with Crippen molar-refractivity contribution in [1.82, 2.24) is 15.2 Å². The van der Waals surface area contributed by atoms with Crippen molar-refractivity contribution in [3.8, 4) is 0 Å². The van der Waals surface area contributed by atoms with Crippen LogP contribution in [-0.2, 0) is 6.18 Å². The van der Waals surface area contributed by atoms with Gasteiger partial charge >= 0.3 is 6.18 Å². The normalized spacial score (nSPS) is 14.7.